The highest BCUT2D eigenvalue weighted by molar-refractivity contribution is 6.45. The highest BCUT2D eigenvalue weighted by Crippen LogP contribution is 2.38. The maximum atomic E-state index is 13.7. The van der Waals surface area contributed by atoms with Crippen LogP contribution in [0.1, 0.15) is 24.0 Å². The summed E-state index contributed by atoms with van der Waals surface area (Å²) < 4.78 is 5.22. The zero-order chi connectivity index (χ0) is 23.0. The molecule has 0 aromatic heterocycles. The number of methoxy groups -OCH3 is 1. The molecule has 2 heterocycles. The van der Waals surface area contributed by atoms with Gasteiger partial charge in [0, 0.05) is 13.1 Å². The first kappa shape index (κ1) is 22.4. The Kier molecular flexibility index (Phi) is 6.26. The molecule has 0 spiro atoms. The highest BCUT2D eigenvalue weighted by Gasteiger charge is 2.43. The van der Waals surface area contributed by atoms with E-state index in [2.05, 4.69) is 11.9 Å². The Morgan fingerprint density at radius 2 is 1.69 bits per heavy atom. The van der Waals surface area contributed by atoms with Gasteiger partial charge in [0.15, 0.2) is 0 Å². The largest absolute Gasteiger partial charge is 0.495 e. The molecule has 1 saturated heterocycles. The number of amides is 2. The van der Waals surface area contributed by atoms with E-state index in [0.29, 0.717) is 27.7 Å². The highest BCUT2D eigenvalue weighted by atomic mass is 35.5. The lowest BCUT2D eigenvalue weighted by atomic mass is 9.99. The number of aryl methyl sites for hydroxylation is 1. The summed E-state index contributed by atoms with van der Waals surface area (Å²) in [6.45, 7) is 3.92. The second-order valence-electron chi connectivity index (χ2n) is 8.50. The van der Waals surface area contributed by atoms with Gasteiger partial charge in [-0.25, -0.2) is 4.90 Å². The minimum Gasteiger partial charge on any atom is -0.495 e. The van der Waals surface area contributed by atoms with Crippen molar-refractivity contribution in [2.75, 3.05) is 39.2 Å². The number of imide groups is 1. The van der Waals surface area contributed by atoms with Crippen molar-refractivity contribution in [3.05, 3.63) is 64.3 Å². The SMILES string of the molecule is COc1ccc(N2C(=O)C(c3ccc(C)cc3)=C(N(C)C3CCN(C)CC3)C2=O)cc1Cl. The van der Waals surface area contributed by atoms with Crippen LogP contribution < -0.4 is 9.64 Å². The predicted molar refractivity (Wildman–Crippen MR) is 127 cm³/mol. The summed E-state index contributed by atoms with van der Waals surface area (Å²) in [5.74, 6) is -0.173. The fraction of sp³-hybridized carbons (Fsp3) is 0.360. The monoisotopic (exact) mass is 453 g/mol. The van der Waals surface area contributed by atoms with Gasteiger partial charge in [0.2, 0.25) is 0 Å². The van der Waals surface area contributed by atoms with Crippen LogP contribution in [0.4, 0.5) is 5.69 Å². The van der Waals surface area contributed by atoms with Crippen molar-refractivity contribution in [1.29, 1.82) is 0 Å². The van der Waals surface area contributed by atoms with Gasteiger partial charge in [0.25, 0.3) is 11.8 Å². The van der Waals surface area contributed by atoms with Crippen molar-refractivity contribution < 1.29 is 14.3 Å². The van der Waals surface area contributed by atoms with Crippen LogP contribution in [-0.4, -0.2) is 62.0 Å². The molecule has 4 rings (SSSR count). The standard InChI is InChI=1S/C25H28ClN3O3/c1-16-5-7-17(8-6-16)22-23(28(3)18-11-13-27(2)14-12-18)25(31)29(24(22)30)19-9-10-21(32-4)20(26)15-19/h5-10,15,18H,11-14H2,1-4H3. The van der Waals surface area contributed by atoms with Crippen LogP contribution in [0.25, 0.3) is 5.57 Å². The zero-order valence-electron chi connectivity index (χ0n) is 18.9. The molecule has 0 radical (unpaired) electrons. The molecule has 0 bridgehead atoms. The number of nitrogens with zero attached hydrogens (tertiary/aromatic N) is 3. The van der Waals surface area contributed by atoms with Gasteiger partial charge < -0.3 is 14.5 Å². The Morgan fingerprint density at radius 3 is 2.28 bits per heavy atom. The molecule has 6 nitrogen and oxygen atoms in total. The summed E-state index contributed by atoms with van der Waals surface area (Å²) in [4.78, 5) is 32.9. The molecule has 1 fully saturated rings. The summed E-state index contributed by atoms with van der Waals surface area (Å²) in [6.07, 6.45) is 1.88. The number of piperidine rings is 1. The number of likely N-dealkylation sites (N-methyl/N-ethyl adjacent to an activating group) is 1. The number of anilines is 1. The number of hydrogen-bond acceptors (Lipinski definition) is 5. The Labute approximate surface area is 194 Å². The van der Waals surface area contributed by atoms with Crippen molar-refractivity contribution >= 4 is 34.7 Å². The molecule has 32 heavy (non-hydrogen) atoms. The smallest absolute Gasteiger partial charge is 0.282 e. The number of likely N-dealkylation sites (tertiary alicyclic amines) is 1. The average molecular weight is 454 g/mol. The van der Waals surface area contributed by atoms with Crippen LogP contribution in [0, 0.1) is 6.92 Å². The fourth-order valence-corrected chi connectivity index (χ4v) is 4.67. The lowest BCUT2D eigenvalue weighted by Gasteiger charge is -2.36. The first-order chi connectivity index (χ1) is 15.3. The van der Waals surface area contributed by atoms with E-state index in [-0.39, 0.29) is 17.9 Å². The van der Waals surface area contributed by atoms with Crippen molar-refractivity contribution in [2.24, 2.45) is 0 Å². The van der Waals surface area contributed by atoms with E-state index in [9.17, 15) is 9.59 Å². The fourth-order valence-electron chi connectivity index (χ4n) is 4.42. The lowest BCUT2D eigenvalue weighted by molar-refractivity contribution is -0.120. The molecule has 2 aliphatic heterocycles. The lowest BCUT2D eigenvalue weighted by Crippen LogP contribution is -2.43. The molecule has 0 saturated carbocycles. The Balaban J connectivity index is 1.78. The molecule has 168 valence electrons. The third-order valence-electron chi connectivity index (χ3n) is 6.38. The summed E-state index contributed by atoms with van der Waals surface area (Å²) in [5, 5.41) is 0.347. The van der Waals surface area contributed by atoms with E-state index in [1.165, 1.54) is 12.0 Å². The van der Waals surface area contributed by atoms with Crippen LogP contribution >= 0.6 is 11.6 Å². The van der Waals surface area contributed by atoms with Crippen LogP contribution in [0.3, 0.4) is 0 Å². The first-order valence-electron chi connectivity index (χ1n) is 10.8. The van der Waals surface area contributed by atoms with E-state index in [1.807, 2.05) is 43.1 Å². The predicted octanol–water partition coefficient (Wildman–Crippen LogP) is 3.97. The third kappa shape index (κ3) is 4.00. The summed E-state index contributed by atoms with van der Waals surface area (Å²) >= 11 is 6.31. The molecule has 0 atom stereocenters. The van der Waals surface area contributed by atoms with Gasteiger partial charge >= 0.3 is 0 Å². The number of benzene rings is 2. The molecule has 2 aromatic rings. The number of carbonyl (C=O) groups excluding carboxylic acids is 2. The molecule has 0 aliphatic carbocycles. The van der Waals surface area contributed by atoms with Crippen molar-refractivity contribution in [1.82, 2.24) is 9.80 Å². The molecular weight excluding hydrogens is 426 g/mol. The van der Waals surface area contributed by atoms with Gasteiger partial charge in [-0.15, -0.1) is 0 Å². The summed E-state index contributed by atoms with van der Waals surface area (Å²) in [7, 11) is 5.56. The van der Waals surface area contributed by atoms with E-state index in [1.54, 1.807) is 18.2 Å². The number of ether oxygens (including phenoxy) is 1. The minimum atomic E-state index is -0.338. The van der Waals surface area contributed by atoms with E-state index >= 15 is 0 Å². The molecule has 7 heteroatoms. The van der Waals surface area contributed by atoms with Gasteiger partial charge in [0.1, 0.15) is 11.4 Å². The normalized spacial score (nSPS) is 18.0. The van der Waals surface area contributed by atoms with Crippen molar-refractivity contribution in [2.45, 2.75) is 25.8 Å². The van der Waals surface area contributed by atoms with Gasteiger partial charge in [0.05, 0.1) is 23.4 Å². The third-order valence-corrected chi connectivity index (χ3v) is 6.68. The molecule has 2 aliphatic rings. The quantitative estimate of drug-likeness (QED) is 0.641. The molecule has 2 aromatic carbocycles. The maximum absolute atomic E-state index is 13.7. The zero-order valence-corrected chi connectivity index (χ0v) is 19.6. The average Bonchev–Trinajstić information content (AvgIpc) is 3.04. The number of halogens is 1. The molecule has 0 unspecified atom stereocenters. The minimum absolute atomic E-state index is 0.192. The summed E-state index contributed by atoms with van der Waals surface area (Å²) in [5.41, 5.74) is 3.15. The van der Waals surface area contributed by atoms with Crippen LogP contribution in [0.2, 0.25) is 5.02 Å². The van der Waals surface area contributed by atoms with Crippen LogP contribution in [0.5, 0.6) is 5.75 Å². The van der Waals surface area contributed by atoms with Gasteiger partial charge in [-0.1, -0.05) is 41.4 Å². The van der Waals surface area contributed by atoms with Gasteiger partial charge in [-0.2, -0.15) is 0 Å². The molecule has 2 amide bonds. The van der Waals surface area contributed by atoms with E-state index in [4.69, 9.17) is 16.3 Å². The first-order valence-corrected chi connectivity index (χ1v) is 11.1. The van der Waals surface area contributed by atoms with Gasteiger partial charge in [-0.3, -0.25) is 9.59 Å². The Hall–Kier alpha value is -2.83. The number of hydrogen-bond donors (Lipinski definition) is 0. The van der Waals surface area contributed by atoms with E-state index in [0.717, 1.165) is 37.1 Å². The molecule has 0 N–H and O–H groups in total. The Bertz CT molecular complexity index is 1070. The second-order valence-corrected chi connectivity index (χ2v) is 8.91. The second kappa shape index (κ2) is 8.96. The van der Waals surface area contributed by atoms with Gasteiger partial charge in [-0.05, 0) is 63.7 Å². The number of rotatable bonds is 5. The van der Waals surface area contributed by atoms with Crippen molar-refractivity contribution in [3.63, 3.8) is 0 Å². The summed E-state index contributed by atoms with van der Waals surface area (Å²) in [6, 6.07) is 12.9. The topological polar surface area (TPSA) is 53.1 Å². The van der Waals surface area contributed by atoms with Crippen LogP contribution in [0.15, 0.2) is 48.2 Å². The van der Waals surface area contributed by atoms with Crippen molar-refractivity contribution in [3.8, 4) is 5.75 Å². The molecular formula is C25H28ClN3O3. The maximum Gasteiger partial charge on any atom is 0.282 e. The van der Waals surface area contributed by atoms with E-state index < -0.39 is 0 Å². The van der Waals surface area contributed by atoms with Crippen LogP contribution in [-0.2, 0) is 9.59 Å². The number of carbonyl (C=O) groups is 2. The Morgan fingerprint density at radius 1 is 1.03 bits per heavy atom.